The van der Waals surface area contributed by atoms with Crippen LogP contribution in [0.25, 0.3) is 10.9 Å². The highest BCUT2D eigenvalue weighted by Crippen LogP contribution is 2.16. The molecule has 7 nitrogen and oxygen atoms in total. The van der Waals surface area contributed by atoms with E-state index in [-0.39, 0.29) is 29.9 Å². The summed E-state index contributed by atoms with van der Waals surface area (Å²) in [5, 5.41) is 12.0. The van der Waals surface area contributed by atoms with Crippen molar-refractivity contribution < 1.29 is 9.32 Å². The van der Waals surface area contributed by atoms with Gasteiger partial charge in [0.05, 0.1) is 17.6 Å². The average molecular weight is 361 g/mol. The molecular formula is C17H17ClN4O3. The number of benzene rings is 1. The molecule has 1 N–H and O–H groups in total. The van der Waals surface area contributed by atoms with Gasteiger partial charge in [0, 0.05) is 18.0 Å². The van der Waals surface area contributed by atoms with Crippen LogP contribution in [0, 0.1) is 13.8 Å². The first-order valence-corrected chi connectivity index (χ1v) is 8.19. The molecule has 0 fully saturated rings. The van der Waals surface area contributed by atoms with Gasteiger partial charge in [0.1, 0.15) is 5.76 Å². The van der Waals surface area contributed by atoms with Crippen LogP contribution >= 0.6 is 11.6 Å². The Bertz CT molecular complexity index is 993. The average Bonchev–Trinajstić information content (AvgIpc) is 2.98. The lowest BCUT2D eigenvalue weighted by atomic mass is 10.2. The Labute approximate surface area is 148 Å². The van der Waals surface area contributed by atoms with Crippen LogP contribution in [0.15, 0.2) is 33.6 Å². The molecule has 0 unspecified atom stereocenters. The Hall–Kier alpha value is -2.67. The maximum Gasteiger partial charge on any atom is 0.296 e. The van der Waals surface area contributed by atoms with Crippen molar-refractivity contribution in [1.29, 1.82) is 0 Å². The van der Waals surface area contributed by atoms with E-state index in [2.05, 4.69) is 15.6 Å². The van der Waals surface area contributed by atoms with Crippen LogP contribution in [0.2, 0.25) is 5.02 Å². The van der Waals surface area contributed by atoms with Gasteiger partial charge >= 0.3 is 0 Å². The Morgan fingerprint density at radius 1 is 1.32 bits per heavy atom. The number of aryl methyl sites for hydroxylation is 3. The van der Waals surface area contributed by atoms with E-state index in [9.17, 15) is 9.59 Å². The fourth-order valence-corrected chi connectivity index (χ4v) is 2.83. The lowest BCUT2D eigenvalue weighted by molar-refractivity contribution is -0.121. The Balaban J connectivity index is 1.66. The molecule has 2 aromatic heterocycles. The van der Waals surface area contributed by atoms with Crippen molar-refractivity contribution in [3.8, 4) is 0 Å². The minimum Gasteiger partial charge on any atom is -0.360 e. The second kappa shape index (κ2) is 7.06. The highest BCUT2D eigenvalue weighted by atomic mass is 35.5. The molecule has 0 bridgehead atoms. The summed E-state index contributed by atoms with van der Waals surface area (Å²) in [6.45, 7) is 4.01. The molecule has 0 radical (unpaired) electrons. The van der Waals surface area contributed by atoms with Crippen molar-refractivity contribution in [2.24, 2.45) is 0 Å². The number of nitrogens with one attached hydrogen (secondary N) is 1. The second-order valence-electron chi connectivity index (χ2n) is 5.69. The molecule has 1 amide bonds. The van der Waals surface area contributed by atoms with E-state index < -0.39 is 0 Å². The quantitative estimate of drug-likeness (QED) is 0.754. The summed E-state index contributed by atoms with van der Waals surface area (Å²) in [7, 11) is 0. The summed E-state index contributed by atoms with van der Waals surface area (Å²) < 4.78 is 6.31. The monoisotopic (exact) mass is 360 g/mol. The predicted molar refractivity (Wildman–Crippen MR) is 93.5 cm³/mol. The molecule has 0 saturated carbocycles. The van der Waals surface area contributed by atoms with Crippen LogP contribution in [-0.4, -0.2) is 20.8 Å². The first kappa shape index (κ1) is 17.2. The molecule has 3 rings (SSSR count). The van der Waals surface area contributed by atoms with Crippen molar-refractivity contribution in [2.75, 3.05) is 0 Å². The molecule has 0 saturated heterocycles. The number of aromatic nitrogens is 3. The smallest absolute Gasteiger partial charge is 0.296 e. The number of nitrogens with zero attached hydrogens (tertiary/aromatic N) is 3. The molecule has 130 valence electrons. The van der Waals surface area contributed by atoms with E-state index in [4.69, 9.17) is 16.1 Å². The molecule has 1 aromatic carbocycles. The third kappa shape index (κ3) is 3.56. The van der Waals surface area contributed by atoms with Gasteiger partial charge in [-0.15, -0.1) is 0 Å². The third-order valence-corrected chi connectivity index (χ3v) is 4.29. The van der Waals surface area contributed by atoms with E-state index in [0.29, 0.717) is 28.4 Å². The minimum absolute atomic E-state index is 0.124. The summed E-state index contributed by atoms with van der Waals surface area (Å²) >= 11 is 6.05. The van der Waals surface area contributed by atoms with Crippen LogP contribution in [0.3, 0.4) is 0 Å². The standard InChI is InChI=1S/C17H17ClN4O3/c1-10-15-11(2)25-21-16(15)17(24)22(20-10)8-7-14(23)19-9-12-5-3-4-6-13(12)18/h3-6H,7-9H2,1-2H3,(H,19,23). The van der Waals surface area contributed by atoms with E-state index in [1.807, 2.05) is 18.2 Å². The van der Waals surface area contributed by atoms with Gasteiger partial charge < -0.3 is 9.84 Å². The van der Waals surface area contributed by atoms with Gasteiger partial charge in [-0.25, -0.2) is 4.68 Å². The molecule has 0 spiro atoms. The van der Waals surface area contributed by atoms with Crippen LogP contribution in [0.5, 0.6) is 0 Å². The lowest BCUT2D eigenvalue weighted by Gasteiger charge is -2.08. The third-order valence-electron chi connectivity index (χ3n) is 3.92. The summed E-state index contributed by atoms with van der Waals surface area (Å²) in [5.41, 5.74) is 1.35. The van der Waals surface area contributed by atoms with Crippen molar-refractivity contribution >= 4 is 28.4 Å². The molecule has 3 aromatic rings. The molecule has 0 aliphatic heterocycles. The second-order valence-corrected chi connectivity index (χ2v) is 6.10. The number of hydrogen-bond donors (Lipinski definition) is 1. The number of hydrogen-bond acceptors (Lipinski definition) is 5. The molecule has 0 aliphatic rings. The SMILES string of the molecule is Cc1nn(CCC(=O)NCc2ccccc2Cl)c(=O)c2noc(C)c12. The normalized spacial score (nSPS) is 11.0. The highest BCUT2D eigenvalue weighted by Gasteiger charge is 2.15. The number of halogens is 1. The van der Waals surface area contributed by atoms with Crippen molar-refractivity contribution in [2.45, 2.75) is 33.4 Å². The highest BCUT2D eigenvalue weighted by molar-refractivity contribution is 6.31. The van der Waals surface area contributed by atoms with E-state index >= 15 is 0 Å². The van der Waals surface area contributed by atoms with Gasteiger partial charge in [0.2, 0.25) is 5.91 Å². The van der Waals surface area contributed by atoms with Gasteiger partial charge in [-0.3, -0.25) is 9.59 Å². The van der Waals surface area contributed by atoms with Crippen molar-refractivity contribution in [3.63, 3.8) is 0 Å². The summed E-state index contributed by atoms with van der Waals surface area (Å²) in [6.07, 6.45) is 0.124. The predicted octanol–water partition coefficient (Wildman–Crippen LogP) is 2.36. The molecule has 2 heterocycles. The summed E-state index contributed by atoms with van der Waals surface area (Å²) in [6, 6.07) is 7.30. The maximum absolute atomic E-state index is 12.4. The van der Waals surface area contributed by atoms with Crippen LogP contribution in [-0.2, 0) is 17.9 Å². The summed E-state index contributed by atoms with van der Waals surface area (Å²) in [5.74, 6) is 0.365. The lowest BCUT2D eigenvalue weighted by Crippen LogP contribution is -2.29. The number of carbonyl (C=O) groups is 1. The first-order valence-electron chi connectivity index (χ1n) is 7.81. The molecule has 0 aliphatic carbocycles. The van der Waals surface area contributed by atoms with Gasteiger partial charge in [-0.05, 0) is 25.5 Å². The zero-order chi connectivity index (χ0) is 18.0. The van der Waals surface area contributed by atoms with Gasteiger partial charge in [-0.2, -0.15) is 5.10 Å². The topological polar surface area (TPSA) is 90.0 Å². The molecule has 8 heteroatoms. The largest absolute Gasteiger partial charge is 0.360 e. The number of carbonyl (C=O) groups excluding carboxylic acids is 1. The van der Waals surface area contributed by atoms with Gasteiger partial charge in [0.25, 0.3) is 5.56 Å². The Kier molecular flexibility index (Phi) is 4.85. The molecular weight excluding hydrogens is 344 g/mol. The van der Waals surface area contributed by atoms with Crippen molar-refractivity contribution in [3.05, 3.63) is 56.7 Å². The van der Waals surface area contributed by atoms with E-state index in [1.165, 1.54) is 4.68 Å². The Morgan fingerprint density at radius 2 is 2.08 bits per heavy atom. The fraction of sp³-hybridized carbons (Fsp3) is 0.294. The van der Waals surface area contributed by atoms with Crippen LogP contribution < -0.4 is 10.9 Å². The number of fused-ring (bicyclic) bond motifs is 1. The van der Waals surface area contributed by atoms with Crippen molar-refractivity contribution in [1.82, 2.24) is 20.3 Å². The van der Waals surface area contributed by atoms with Crippen LogP contribution in [0.1, 0.15) is 23.4 Å². The Morgan fingerprint density at radius 3 is 2.84 bits per heavy atom. The minimum atomic E-state index is -0.364. The van der Waals surface area contributed by atoms with Gasteiger partial charge in [0.15, 0.2) is 5.52 Å². The maximum atomic E-state index is 12.4. The summed E-state index contributed by atoms with van der Waals surface area (Å²) in [4.78, 5) is 24.4. The van der Waals surface area contributed by atoms with E-state index in [0.717, 1.165) is 5.56 Å². The zero-order valence-electron chi connectivity index (χ0n) is 13.9. The van der Waals surface area contributed by atoms with Crippen LogP contribution in [0.4, 0.5) is 0 Å². The zero-order valence-corrected chi connectivity index (χ0v) is 14.6. The van der Waals surface area contributed by atoms with E-state index in [1.54, 1.807) is 19.9 Å². The number of rotatable bonds is 5. The number of amides is 1. The van der Waals surface area contributed by atoms with Gasteiger partial charge in [-0.1, -0.05) is 35.0 Å². The molecule has 25 heavy (non-hydrogen) atoms. The fourth-order valence-electron chi connectivity index (χ4n) is 2.63. The first-order chi connectivity index (χ1) is 12.0. The molecule has 0 atom stereocenters.